The number of carbonyl (C=O) groups excluding carboxylic acids is 1. The summed E-state index contributed by atoms with van der Waals surface area (Å²) in [5.74, 6) is 1.91. The van der Waals surface area contributed by atoms with E-state index in [0.717, 1.165) is 44.7 Å². The maximum atomic E-state index is 11.6. The Morgan fingerprint density at radius 3 is 2.74 bits per heavy atom. The van der Waals surface area contributed by atoms with Crippen molar-refractivity contribution in [2.24, 2.45) is 11.8 Å². The quantitative estimate of drug-likeness (QED) is 0.773. The minimum atomic E-state index is -0.128. The van der Waals surface area contributed by atoms with Crippen molar-refractivity contribution in [3.05, 3.63) is 6.33 Å². The third kappa shape index (κ3) is 4.46. The molecular formula is C16H27N5O2. The lowest BCUT2D eigenvalue weighted by Crippen LogP contribution is -2.37. The summed E-state index contributed by atoms with van der Waals surface area (Å²) in [5.41, 5.74) is 6.81. The molecule has 7 nitrogen and oxygen atoms in total. The topological polar surface area (TPSA) is 93.4 Å². The van der Waals surface area contributed by atoms with Gasteiger partial charge in [-0.15, -0.1) is 0 Å². The van der Waals surface area contributed by atoms with Gasteiger partial charge in [0.15, 0.2) is 11.6 Å². The molecule has 1 aliphatic rings. The zero-order valence-electron chi connectivity index (χ0n) is 14.2. The maximum absolute atomic E-state index is 11.6. The number of hydrogen-bond acceptors (Lipinski definition) is 7. The number of carbonyl (C=O) groups is 1. The molecule has 1 saturated heterocycles. The zero-order chi connectivity index (χ0) is 16.8. The van der Waals surface area contributed by atoms with Crippen LogP contribution in [0.5, 0.6) is 0 Å². The summed E-state index contributed by atoms with van der Waals surface area (Å²) in [6.07, 6.45) is 4.11. The van der Waals surface area contributed by atoms with Gasteiger partial charge in [0.25, 0.3) is 0 Å². The van der Waals surface area contributed by atoms with Gasteiger partial charge in [0, 0.05) is 19.6 Å². The molecule has 23 heavy (non-hydrogen) atoms. The number of nitrogen functional groups attached to an aromatic ring is 1. The van der Waals surface area contributed by atoms with E-state index < -0.39 is 0 Å². The van der Waals surface area contributed by atoms with Gasteiger partial charge in [-0.3, -0.25) is 4.79 Å². The molecule has 128 valence electrons. The van der Waals surface area contributed by atoms with E-state index >= 15 is 0 Å². The van der Waals surface area contributed by atoms with Gasteiger partial charge in [-0.1, -0.05) is 13.8 Å². The second kappa shape index (κ2) is 7.99. The van der Waals surface area contributed by atoms with Gasteiger partial charge in [0.2, 0.25) is 0 Å². The summed E-state index contributed by atoms with van der Waals surface area (Å²) >= 11 is 0. The third-order valence-corrected chi connectivity index (χ3v) is 4.21. The molecule has 0 atom stereocenters. The summed E-state index contributed by atoms with van der Waals surface area (Å²) in [7, 11) is 1.44. The predicted octanol–water partition coefficient (Wildman–Crippen LogP) is 1.91. The van der Waals surface area contributed by atoms with Gasteiger partial charge in [-0.05, 0) is 25.2 Å². The van der Waals surface area contributed by atoms with Crippen molar-refractivity contribution in [2.75, 3.05) is 42.7 Å². The number of hydrogen-bond donors (Lipinski definition) is 2. The lowest BCUT2D eigenvalue weighted by atomic mass is 9.97. The van der Waals surface area contributed by atoms with Crippen molar-refractivity contribution in [3.63, 3.8) is 0 Å². The van der Waals surface area contributed by atoms with Crippen LogP contribution in [-0.4, -0.2) is 42.7 Å². The summed E-state index contributed by atoms with van der Waals surface area (Å²) in [4.78, 5) is 22.3. The highest BCUT2D eigenvalue weighted by molar-refractivity contribution is 5.76. The summed E-state index contributed by atoms with van der Waals surface area (Å²) < 4.78 is 4.82. The second-order valence-corrected chi connectivity index (χ2v) is 6.35. The van der Waals surface area contributed by atoms with E-state index in [9.17, 15) is 4.79 Å². The molecule has 3 N–H and O–H groups in total. The molecule has 0 amide bonds. The number of esters is 1. The predicted molar refractivity (Wildman–Crippen MR) is 91.3 cm³/mol. The van der Waals surface area contributed by atoms with Crippen molar-refractivity contribution >= 4 is 23.3 Å². The Bertz CT molecular complexity index is 527. The molecule has 0 bridgehead atoms. The second-order valence-electron chi connectivity index (χ2n) is 6.35. The van der Waals surface area contributed by atoms with Gasteiger partial charge in [-0.25, -0.2) is 9.97 Å². The molecule has 0 unspecified atom stereocenters. The van der Waals surface area contributed by atoms with Crippen molar-refractivity contribution in [1.29, 1.82) is 0 Å². The van der Waals surface area contributed by atoms with Crippen LogP contribution in [0.4, 0.5) is 17.3 Å². The molecule has 0 radical (unpaired) electrons. The first-order chi connectivity index (χ1) is 11.0. The highest BCUT2D eigenvalue weighted by Gasteiger charge is 2.27. The Morgan fingerprint density at radius 1 is 1.43 bits per heavy atom. The first-order valence-electron chi connectivity index (χ1n) is 8.20. The van der Waals surface area contributed by atoms with Gasteiger partial charge < -0.3 is 20.7 Å². The fourth-order valence-electron chi connectivity index (χ4n) is 2.75. The van der Waals surface area contributed by atoms with Gasteiger partial charge in [-0.2, -0.15) is 0 Å². The van der Waals surface area contributed by atoms with Crippen LogP contribution in [0.2, 0.25) is 0 Å². The molecular weight excluding hydrogens is 294 g/mol. The van der Waals surface area contributed by atoms with E-state index in [1.807, 2.05) is 0 Å². The Morgan fingerprint density at radius 2 is 2.13 bits per heavy atom. The van der Waals surface area contributed by atoms with Gasteiger partial charge in [0.05, 0.1) is 13.0 Å². The molecule has 1 aromatic rings. The number of nitrogens with zero attached hydrogens (tertiary/aromatic N) is 3. The molecule has 1 fully saturated rings. The van der Waals surface area contributed by atoms with E-state index in [1.54, 1.807) is 0 Å². The van der Waals surface area contributed by atoms with E-state index in [0.29, 0.717) is 17.4 Å². The summed E-state index contributed by atoms with van der Waals surface area (Å²) in [5, 5.41) is 3.28. The van der Waals surface area contributed by atoms with Crippen LogP contribution in [0.3, 0.4) is 0 Å². The fraction of sp³-hybridized carbons (Fsp3) is 0.688. The monoisotopic (exact) mass is 321 g/mol. The lowest BCUT2D eigenvalue weighted by Gasteiger charge is -2.32. The van der Waals surface area contributed by atoms with E-state index in [-0.39, 0.29) is 11.9 Å². The number of piperidine rings is 1. The lowest BCUT2D eigenvalue weighted by molar-refractivity contribution is -0.146. The molecule has 2 rings (SSSR count). The highest BCUT2D eigenvalue weighted by Crippen LogP contribution is 2.30. The van der Waals surface area contributed by atoms with Gasteiger partial charge in [0.1, 0.15) is 12.0 Å². The van der Waals surface area contributed by atoms with Crippen LogP contribution in [0, 0.1) is 11.8 Å². The number of methoxy groups -OCH3 is 1. The van der Waals surface area contributed by atoms with E-state index in [2.05, 4.69) is 34.0 Å². The smallest absolute Gasteiger partial charge is 0.308 e. The number of rotatable bonds is 6. The van der Waals surface area contributed by atoms with Gasteiger partial charge >= 0.3 is 5.97 Å². The average molecular weight is 321 g/mol. The van der Waals surface area contributed by atoms with E-state index in [4.69, 9.17) is 10.5 Å². The van der Waals surface area contributed by atoms with Crippen LogP contribution in [-0.2, 0) is 9.53 Å². The molecule has 1 aliphatic heterocycles. The van der Waals surface area contributed by atoms with Crippen molar-refractivity contribution in [1.82, 2.24) is 9.97 Å². The Hall–Kier alpha value is -2.05. The van der Waals surface area contributed by atoms with Crippen LogP contribution in [0.1, 0.15) is 33.1 Å². The van der Waals surface area contributed by atoms with E-state index in [1.165, 1.54) is 13.4 Å². The Balaban J connectivity index is 1.99. The first kappa shape index (κ1) is 17.3. The standard InChI is InChI=1S/C16H27N5O2/c1-11(2)4-7-18-14-13(17)15(20-10-19-14)21-8-5-12(6-9-21)16(22)23-3/h10-12H,4-9,17H2,1-3H3,(H,18,19,20). The minimum absolute atomic E-state index is 0.0250. The number of ether oxygens (including phenoxy) is 1. The number of nitrogens with one attached hydrogen (secondary N) is 1. The third-order valence-electron chi connectivity index (χ3n) is 4.21. The zero-order valence-corrected chi connectivity index (χ0v) is 14.2. The summed E-state index contributed by atoms with van der Waals surface area (Å²) in [6, 6.07) is 0. The normalized spacial score (nSPS) is 15.7. The molecule has 0 spiro atoms. The van der Waals surface area contributed by atoms with Crippen molar-refractivity contribution < 1.29 is 9.53 Å². The van der Waals surface area contributed by atoms with Crippen LogP contribution in [0.25, 0.3) is 0 Å². The van der Waals surface area contributed by atoms with Crippen LogP contribution >= 0.6 is 0 Å². The molecule has 7 heteroatoms. The fourth-order valence-corrected chi connectivity index (χ4v) is 2.75. The molecule has 0 aliphatic carbocycles. The molecule has 2 heterocycles. The largest absolute Gasteiger partial charge is 0.469 e. The first-order valence-corrected chi connectivity index (χ1v) is 8.20. The van der Waals surface area contributed by atoms with Crippen molar-refractivity contribution in [3.8, 4) is 0 Å². The Labute approximate surface area is 137 Å². The van der Waals surface area contributed by atoms with Crippen molar-refractivity contribution in [2.45, 2.75) is 33.1 Å². The van der Waals surface area contributed by atoms with Crippen LogP contribution in [0.15, 0.2) is 6.33 Å². The minimum Gasteiger partial charge on any atom is -0.469 e. The number of aromatic nitrogens is 2. The molecule has 0 aromatic carbocycles. The van der Waals surface area contributed by atoms with Crippen LogP contribution < -0.4 is 16.0 Å². The number of anilines is 3. The Kier molecular flexibility index (Phi) is 6.01. The SMILES string of the molecule is COC(=O)C1CCN(c2ncnc(NCCC(C)C)c2N)CC1. The highest BCUT2D eigenvalue weighted by atomic mass is 16.5. The number of nitrogens with two attached hydrogens (primary N) is 1. The average Bonchev–Trinajstić information content (AvgIpc) is 2.55. The summed E-state index contributed by atoms with van der Waals surface area (Å²) in [6.45, 7) is 6.69. The molecule has 1 aromatic heterocycles. The molecule has 0 saturated carbocycles. The maximum Gasteiger partial charge on any atom is 0.308 e.